The molecule has 1 heterocycles. The summed E-state index contributed by atoms with van der Waals surface area (Å²) >= 11 is 6.38. The quantitative estimate of drug-likeness (QED) is 0.780. The largest absolute Gasteiger partial charge is 0.309 e. The van der Waals surface area contributed by atoms with Crippen molar-refractivity contribution < 1.29 is 8.78 Å². The van der Waals surface area contributed by atoms with Crippen molar-refractivity contribution in [2.24, 2.45) is 0 Å². The second kappa shape index (κ2) is 5.32. The predicted molar refractivity (Wildman–Crippen MR) is 71.6 cm³/mol. The normalized spacial score (nSPS) is 10.7. The Labute approximate surface area is 119 Å². The van der Waals surface area contributed by atoms with Gasteiger partial charge < -0.3 is 4.57 Å². The molecule has 2 aromatic rings. The number of rotatable bonds is 2. The van der Waals surface area contributed by atoms with Crippen LogP contribution in [0.5, 0.6) is 0 Å². The van der Waals surface area contributed by atoms with Gasteiger partial charge in [-0.25, -0.2) is 8.78 Å². The third-order valence-electron chi connectivity index (χ3n) is 2.28. The van der Waals surface area contributed by atoms with Crippen LogP contribution in [-0.2, 0) is 6.54 Å². The molecule has 0 radical (unpaired) electrons. The highest BCUT2D eigenvalue weighted by molar-refractivity contribution is 9.11. The van der Waals surface area contributed by atoms with Crippen molar-refractivity contribution in [3.05, 3.63) is 67.0 Å². The Morgan fingerprint density at radius 3 is 2.28 bits per heavy atom. The maximum absolute atomic E-state index is 13.0. The molecule has 0 aliphatic carbocycles. The summed E-state index contributed by atoms with van der Waals surface area (Å²) < 4.78 is 28.5. The SMILES string of the molecule is O=c1c(Br)cc(Br)cn1Cc1cc(F)cc(F)c1. The summed E-state index contributed by atoms with van der Waals surface area (Å²) in [6, 6.07) is 4.81. The van der Waals surface area contributed by atoms with E-state index in [0.717, 1.165) is 6.07 Å². The van der Waals surface area contributed by atoms with Crippen molar-refractivity contribution in [3.8, 4) is 0 Å². The van der Waals surface area contributed by atoms with Gasteiger partial charge in [0, 0.05) is 16.7 Å². The lowest BCUT2D eigenvalue weighted by Gasteiger charge is -2.07. The molecular formula is C12H7Br2F2NO. The lowest BCUT2D eigenvalue weighted by molar-refractivity contribution is 0.577. The zero-order chi connectivity index (χ0) is 13.3. The molecule has 2 nitrogen and oxygen atoms in total. The van der Waals surface area contributed by atoms with Gasteiger partial charge in [0.2, 0.25) is 0 Å². The lowest BCUT2D eigenvalue weighted by Crippen LogP contribution is -2.20. The van der Waals surface area contributed by atoms with Crippen LogP contribution in [-0.4, -0.2) is 4.57 Å². The maximum atomic E-state index is 13.0. The van der Waals surface area contributed by atoms with Crippen molar-refractivity contribution in [1.29, 1.82) is 0 Å². The summed E-state index contributed by atoms with van der Waals surface area (Å²) in [6.07, 6.45) is 1.57. The van der Waals surface area contributed by atoms with E-state index in [9.17, 15) is 13.6 Å². The zero-order valence-corrected chi connectivity index (χ0v) is 12.1. The van der Waals surface area contributed by atoms with E-state index in [-0.39, 0.29) is 12.1 Å². The average Bonchev–Trinajstić information content (AvgIpc) is 2.23. The molecule has 0 bridgehead atoms. The fraction of sp³-hybridized carbons (Fsp3) is 0.0833. The van der Waals surface area contributed by atoms with Gasteiger partial charge in [-0.1, -0.05) is 0 Å². The van der Waals surface area contributed by atoms with Crippen LogP contribution >= 0.6 is 31.9 Å². The minimum absolute atomic E-state index is 0.103. The topological polar surface area (TPSA) is 22.0 Å². The summed E-state index contributed by atoms with van der Waals surface area (Å²) in [5, 5.41) is 0. The molecule has 0 saturated carbocycles. The fourth-order valence-electron chi connectivity index (χ4n) is 1.58. The molecule has 1 aromatic heterocycles. The van der Waals surface area contributed by atoms with Crippen molar-refractivity contribution in [2.45, 2.75) is 6.54 Å². The number of halogens is 4. The Morgan fingerprint density at radius 1 is 1.06 bits per heavy atom. The Hall–Kier alpha value is -1.01. The Kier molecular flexibility index (Phi) is 3.97. The highest BCUT2D eigenvalue weighted by Gasteiger charge is 2.06. The Balaban J connectivity index is 2.43. The predicted octanol–water partition coefficient (Wildman–Crippen LogP) is 3.70. The smallest absolute Gasteiger partial charge is 0.265 e. The van der Waals surface area contributed by atoms with Crippen molar-refractivity contribution in [1.82, 2.24) is 4.57 Å². The van der Waals surface area contributed by atoms with Gasteiger partial charge in [-0.15, -0.1) is 0 Å². The van der Waals surface area contributed by atoms with Crippen LogP contribution in [0.3, 0.4) is 0 Å². The molecular weight excluding hydrogens is 372 g/mol. The molecule has 0 aliphatic heterocycles. The van der Waals surface area contributed by atoms with Crippen LogP contribution < -0.4 is 5.56 Å². The van der Waals surface area contributed by atoms with Crippen molar-refractivity contribution in [3.63, 3.8) is 0 Å². The first kappa shape index (κ1) is 13.4. The van der Waals surface area contributed by atoms with E-state index in [1.807, 2.05) is 0 Å². The zero-order valence-electron chi connectivity index (χ0n) is 8.96. The van der Waals surface area contributed by atoms with Gasteiger partial charge in [0.15, 0.2) is 0 Å². The second-order valence-electron chi connectivity index (χ2n) is 3.72. The van der Waals surface area contributed by atoms with Gasteiger partial charge in [-0.05, 0) is 55.6 Å². The molecule has 1 aromatic carbocycles. The monoisotopic (exact) mass is 377 g/mol. The summed E-state index contributed by atoms with van der Waals surface area (Å²) in [4.78, 5) is 11.8. The van der Waals surface area contributed by atoms with E-state index in [2.05, 4.69) is 31.9 Å². The van der Waals surface area contributed by atoms with Crippen LogP contribution in [0.4, 0.5) is 8.78 Å². The standard InChI is InChI=1S/C12H7Br2F2NO/c13-8-3-11(14)12(18)17(6-8)5-7-1-9(15)4-10(16)2-7/h1-4,6H,5H2. The van der Waals surface area contributed by atoms with Gasteiger partial charge >= 0.3 is 0 Å². The van der Waals surface area contributed by atoms with Gasteiger partial charge in [0.05, 0.1) is 11.0 Å². The van der Waals surface area contributed by atoms with Crippen LogP contribution in [0, 0.1) is 11.6 Å². The van der Waals surface area contributed by atoms with E-state index in [0.29, 0.717) is 14.5 Å². The molecule has 0 atom stereocenters. The summed E-state index contributed by atoms with van der Waals surface area (Å²) in [7, 11) is 0. The maximum Gasteiger partial charge on any atom is 0.265 e. The summed E-state index contributed by atoms with van der Waals surface area (Å²) in [5.74, 6) is -1.32. The first-order valence-electron chi connectivity index (χ1n) is 4.96. The highest BCUT2D eigenvalue weighted by Crippen LogP contribution is 2.14. The number of hydrogen-bond donors (Lipinski definition) is 0. The van der Waals surface area contributed by atoms with Gasteiger partial charge in [0.25, 0.3) is 5.56 Å². The number of benzene rings is 1. The molecule has 2 rings (SSSR count). The molecule has 18 heavy (non-hydrogen) atoms. The van der Waals surface area contributed by atoms with Crippen LogP contribution in [0.25, 0.3) is 0 Å². The molecule has 0 fully saturated rings. The molecule has 0 N–H and O–H groups in total. The first-order valence-corrected chi connectivity index (χ1v) is 6.55. The number of aromatic nitrogens is 1. The molecule has 6 heteroatoms. The van der Waals surface area contributed by atoms with E-state index >= 15 is 0 Å². The fourth-order valence-corrected chi connectivity index (χ4v) is 2.84. The van der Waals surface area contributed by atoms with E-state index in [1.165, 1.54) is 16.7 Å². The van der Waals surface area contributed by atoms with E-state index in [4.69, 9.17) is 0 Å². The van der Waals surface area contributed by atoms with Crippen LogP contribution in [0.15, 0.2) is 44.2 Å². The summed E-state index contributed by atoms with van der Waals surface area (Å²) in [5.41, 5.74) is 0.127. The van der Waals surface area contributed by atoms with E-state index < -0.39 is 11.6 Å². The third-order valence-corrected chi connectivity index (χ3v) is 3.29. The molecule has 0 unspecified atom stereocenters. The number of nitrogens with zero attached hydrogens (tertiary/aromatic N) is 1. The molecule has 0 aliphatic rings. The van der Waals surface area contributed by atoms with Gasteiger partial charge in [0.1, 0.15) is 11.6 Å². The van der Waals surface area contributed by atoms with Crippen molar-refractivity contribution >= 4 is 31.9 Å². The van der Waals surface area contributed by atoms with Crippen LogP contribution in [0.2, 0.25) is 0 Å². The van der Waals surface area contributed by atoms with Gasteiger partial charge in [-0.2, -0.15) is 0 Å². The minimum atomic E-state index is -0.660. The highest BCUT2D eigenvalue weighted by atomic mass is 79.9. The number of hydrogen-bond acceptors (Lipinski definition) is 1. The van der Waals surface area contributed by atoms with E-state index in [1.54, 1.807) is 12.3 Å². The summed E-state index contributed by atoms with van der Waals surface area (Å²) in [6.45, 7) is 0.103. The first-order chi connectivity index (χ1) is 8.45. The van der Waals surface area contributed by atoms with Gasteiger partial charge in [-0.3, -0.25) is 4.79 Å². The average molecular weight is 379 g/mol. The Morgan fingerprint density at radius 2 is 1.67 bits per heavy atom. The molecule has 0 saturated heterocycles. The molecule has 0 spiro atoms. The second-order valence-corrected chi connectivity index (χ2v) is 5.49. The molecule has 94 valence electrons. The van der Waals surface area contributed by atoms with Crippen LogP contribution in [0.1, 0.15) is 5.56 Å². The molecule has 0 amide bonds. The number of pyridine rings is 1. The third kappa shape index (κ3) is 3.05. The minimum Gasteiger partial charge on any atom is -0.309 e. The Bertz CT molecular complexity index is 635. The lowest BCUT2D eigenvalue weighted by atomic mass is 10.2. The van der Waals surface area contributed by atoms with Crippen molar-refractivity contribution in [2.75, 3.05) is 0 Å².